The average molecular weight is 504 g/mol. The Balaban J connectivity index is 2.13. The Morgan fingerprint density at radius 1 is 1.32 bits per heavy atom. The van der Waals surface area contributed by atoms with Crippen LogP contribution >= 0.6 is 8.18 Å². The van der Waals surface area contributed by atoms with Crippen molar-refractivity contribution in [2.45, 2.75) is 65.0 Å². The monoisotopic (exact) mass is 504 g/mol. The van der Waals surface area contributed by atoms with Crippen LogP contribution in [0.5, 0.6) is 0 Å². The smallest absolute Gasteiger partial charge is 0.462 e. The number of alkyl halides is 1. The number of nitrogen functional groups attached to an aromatic ring is 1. The summed E-state index contributed by atoms with van der Waals surface area (Å²) in [6.45, 7) is 6.55. The number of aliphatic hydroxyl groups is 1. The molecule has 0 bridgehead atoms. The highest BCUT2D eigenvalue weighted by Gasteiger charge is 2.43. The lowest BCUT2D eigenvalue weighted by Crippen LogP contribution is -2.44. The van der Waals surface area contributed by atoms with E-state index in [1.54, 1.807) is 32.8 Å². The van der Waals surface area contributed by atoms with Crippen LogP contribution in [0.2, 0.25) is 0 Å². The van der Waals surface area contributed by atoms with Crippen molar-refractivity contribution >= 4 is 37.1 Å². The van der Waals surface area contributed by atoms with E-state index in [4.69, 9.17) is 19.7 Å². The molecular weight excluding hydrogens is 472 g/mol. The normalized spacial score (nSPS) is 16.7. The van der Waals surface area contributed by atoms with Crippen molar-refractivity contribution in [1.29, 1.82) is 0 Å². The quantitative estimate of drug-likeness (QED) is 0.283. The minimum Gasteiger partial charge on any atom is -0.462 e. The molecule has 4 N–H and O–H groups in total. The maximum atomic E-state index is 15.5. The van der Waals surface area contributed by atoms with Crippen molar-refractivity contribution in [3.05, 3.63) is 6.33 Å². The molecule has 0 aliphatic rings. The van der Waals surface area contributed by atoms with Gasteiger partial charge in [0.2, 0.25) is 5.95 Å². The number of esters is 1. The van der Waals surface area contributed by atoms with Crippen LogP contribution in [0.25, 0.3) is 11.2 Å². The summed E-state index contributed by atoms with van der Waals surface area (Å²) in [5, 5.41) is 12.4. The van der Waals surface area contributed by atoms with E-state index in [-0.39, 0.29) is 12.1 Å². The maximum absolute atomic E-state index is 15.5. The third-order valence-electron chi connectivity index (χ3n) is 4.61. The zero-order valence-corrected chi connectivity index (χ0v) is 21.1. The molecule has 13 nitrogen and oxygen atoms in total. The van der Waals surface area contributed by atoms with E-state index in [0.29, 0.717) is 17.0 Å². The molecule has 2 aromatic heterocycles. The van der Waals surface area contributed by atoms with Crippen LogP contribution in [-0.4, -0.2) is 75.4 Å². The molecule has 0 aromatic carbocycles. The number of imidazole rings is 1. The number of hydrogen-bond donors (Lipinski definition) is 3. The van der Waals surface area contributed by atoms with Crippen LogP contribution < -0.4 is 15.7 Å². The van der Waals surface area contributed by atoms with Crippen molar-refractivity contribution in [3.63, 3.8) is 0 Å². The van der Waals surface area contributed by atoms with Crippen LogP contribution in [0.3, 0.4) is 0 Å². The predicted octanol–water partition coefficient (Wildman–Crippen LogP) is 1.66. The lowest BCUT2D eigenvalue weighted by Gasteiger charge is -2.29. The number of nitrogens with two attached hydrogens (primary N) is 1. The number of rotatable bonds is 12. The average Bonchev–Trinajstić information content (AvgIpc) is 3.14. The van der Waals surface area contributed by atoms with Gasteiger partial charge >= 0.3 is 14.1 Å². The van der Waals surface area contributed by atoms with Crippen LogP contribution in [0.15, 0.2) is 6.33 Å². The third kappa shape index (κ3) is 6.76. The third-order valence-corrected chi connectivity index (χ3v) is 5.57. The standard InChI is InChI=1S/C19H32FN7O6P/c1-10(2)32-17(29)11(3)25-34(30)31-8-19(20,12(4)28)33-13(5)27-9-22-14-15(26(6)7)23-18(21)24-16(14)27/h9-13,28H,8H2,1-7H3,(H,25,30)(H2,21,23,24)/q+1/t11-,12?,13+,19+/m0/s1. The largest absolute Gasteiger partial charge is 0.614 e. The summed E-state index contributed by atoms with van der Waals surface area (Å²) in [6.07, 6.45) is -1.66. The number of anilines is 2. The van der Waals surface area contributed by atoms with Gasteiger partial charge in [0, 0.05) is 14.1 Å². The molecule has 0 radical (unpaired) electrons. The van der Waals surface area contributed by atoms with Gasteiger partial charge in [-0.25, -0.2) is 9.37 Å². The molecule has 0 saturated heterocycles. The summed E-state index contributed by atoms with van der Waals surface area (Å²) in [5.41, 5.74) is 6.51. The Morgan fingerprint density at radius 3 is 2.53 bits per heavy atom. The van der Waals surface area contributed by atoms with Gasteiger partial charge in [-0.05, 0) is 39.2 Å². The molecule has 0 aliphatic carbocycles. The number of fused-ring (bicyclic) bond motifs is 1. The van der Waals surface area contributed by atoms with Crippen LogP contribution in [0, 0.1) is 0 Å². The maximum Gasteiger partial charge on any atom is 0.614 e. The number of nitrogens with one attached hydrogen (secondary N) is 1. The summed E-state index contributed by atoms with van der Waals surface area (Å²) in [4.78, 5) is 26.1. The molecule has 15 heteroatoms. The van der Waals surface area contributed by atoms with Crippen LogP contribution in [0.1, 0.15) is 40.8 Å². The van der Waals surface area contributed by atoms with Crippen molar-refractivity contribution in [3.8, 4) is 0 Å². The van der Waals surface area contributed by atoms with Crippen LogP contribution in [-0.2, 0) is 23.4 Å². The van der Waals surface area contributed by atoms with Gasteiger partial charge in [-0.15, -0.1) is 4.52 Å². The lowest BCUT2D eigenvalue weighted by atomic mass is 10.2. The van der Waals surface area contributed by atoms with E-state index in [2.05, 4.69) is 20.0 Å². The van der Waals surface area contributed by atoms with E-state index in [9.17, 15) is 14.5 Å². The first kappa shape index (κ1) is 27.7. The van der Waals surface area contributed by atoms with E-state index in [1.807, 2.05) is 0 Å². The van der Waals surface area contributed by atoms with Gasteiger partial charge in [-0.1, -0.05) is 5.09 Å². The molecule has 2 rings (SSSR count). The van der Waals surface area contributed by atoms with Gasteiger partial charge < -0.3 is 25.2 Å². The predicted molar refractivity (Wildman–Crippen MR) is 123 cm³/mol. The molecule has 0 amide bonds. The lowest BCUT2D eigenvalue weighted by molar-refractivity contribution is -0.252. The fraction of sp³-hybridized carbons (Fsp3) is 0.684. The van der Waals surface area contributed by atoms with Crippen molar-refractivity contribution < 1.29 is 32.9 Å². The topological polar surface area (TPSA) is 167 Å². The first-order chi connectivity index (χ1) is 15.7. The molecule has 2 heterocycles. The molecule has 2 unspecified atom stereocenters. The highest BCUT2D eigenvalue weighted by molar-refractivity contribution is 7.36. The first-order valence-electron chi connectivity index (χ1n) is 10.5. The minimum atomic E-state index is -2.76. The van der Waals surface area contributed by atoms with Gasteiger partial charge in [0.15, 0.2) is 23.6 Å². The second kappa shape index (κ2) is 11.3. The number of carbonyl (C=O) groups is 1. The number of ether oxygens (including phenoxy) is 2. The van der Waals surface area contributed by atoms with E-state index in [1.165, 1.54) is 24.7 Å². The Hall–Kier alpha value is -2.51. The number of aromatic nitrogens is 4. The van der Waals surface area contributed by atoms with Gasteiger partial charge in [-0.3, -0.25) is 9.36 Å². The molecule has 0 aliphatic heterocycles. The van der Waals surface area contributed by atoms with Gasteiger partial charge in [0.05, 0.1) is 12.4 Å². The van der Waals surface area contributed by atoms with E-state index in [0.717, 1.165) is 6.92 Å². The summed E-state index contributed by atoms with van der Waals surface area (Å²) in [7, 11) is 0.846. The summed E-state index contributed by atoms with van der Waals surface area (Å²) < 4.78 is 44.6. The Morgan fingerprint density at radius 2 is 1.97 bits per heavy atom. The summed E-state index contributed by atoms with van der Waals surface area (Å²) in [5.74, 6) is -2.94. The molecule has 190 valence electrons. The molecule has 2 aromatic rings. The molecule has 0 fully saturated rings. The first-order valence-corrected chi connectivity index (χ1v) is 11.7. The second-order valence-corrected chi connectivity index (χ2v) is 9.20. The SMILES string of the molecule is CC(C)OC(=O)[C@H](C)N[P+](=O)OC[C@@](F)(O[C@H](C)n1cnc2c(N(C)C)nc(N)nc21)C(C)O. The molecule has 0 saturated carbocycles. The van der Waals surface area contributed by atoms with Gasteiger partial charge in [0.1, 0.15) is 18.4 Å². The van der Waals surface area contributed by atoms with E-state index < -0.39 is 45.0 Å². The number of halogens is 1. The van der Waals surface area contributed by atoms with Crippen molar-refractivity contribution in [2.75, 3.05) is 31.3 Å². The zero-order chi connectivity index (χ0) is 25.8. The zero-order valence-electron chi connectivity index (χ0n) is 20.2. The molecule has 34 heavy (non-hydrogen) atoms. The van der Waals surface area contributed by atoms with E-state index >= 15 is 4.39 Å². The number of aliphatic hydroxyl groups excluding tert-OH is 1. The molecule has 0 spiro atoms. The van der Waals surface area contributed by atoms with Gasteiger partial charge in [-0.2, -0.15) is 9.97 Å². The number of nitrogens with zero attached hydrogens (tertiary/aromatic N) is 5. The Labute approximate surface area is 197 Å². The van der Waals surface area contributed by atoms with Crippen molar-refractivity contribution in [2.24, 2.45) is 0 Å². The highest BCUT2D eigenvalue weighted by Crippen LogP contribution is 2.31. The summed E-state index contributed by atoms with van der Waals surface area (Å²) in [6, 6.07) is -0.959. The van der Waals surface area contributed by atoms with Crippen molar-refractivity contribution in [1.82, 2.24) is 24.6 Å². The summed E-state index contributed by atoms with van der Waals surface area (Å²) >= 11 is 0. The highest BCUT2D eigenvalue weighted by atomic mass is 31.1. The number of carbonyl (C=O) groups excluding carboxylic acids is 1. The fourth-order valence-corrected chi connectivity index (χ4v) is 3.61. The van der Waals surface area contributed by atoms with Crippen LogP contribution in [0.4, 0.5) is 16.2 Å². The number of hydrogen-bond acceptors (Lipinski definition) is 11. The Kier molecular flexibility index (Phi) is 9.20. The second-order valence-electron chi connectivity index (χ2n) is 8.17. The fourth-order valence-electron chi connectivity index (χ4n) is 2.82. The molecule has 5 atom stereocenters. The minimum absolute atomic E-state index is 0.0105. The Bertz CT molecular complexity index is 1020. The molecular formula is C19H32FN7O6P+. The van der Waals surface area contributed by atoms with Gasteiger partial charge in [0.25, 0.3) is 5.85 Å².